The van der Waals surface area contributed by atoms with E-state index in [0.717, 1.165) is 22.4 Å². The summed E-state index contributed by atoms with van der Waals surface area (Å²) in [5.41, 5.74) is 3.55. The van der Waals surface area contributed by atoms with E-state index in [-0.39, 0.29) is 24.9 Å². The van der Waals surface area contributed by atoms with Crippen LogP contribution in [0.25, 0.3) is 0 Å². The fourth-order valence-corrected chi connectivity index (χ4v) is 5.08. The van der Waals surface area contributed by atoms with E-state index in [4.69, 9.17) is 35.3 Å². The monoisotopic (exact) mass is 522 g/mol. The summed E-state index contributed by atoms with van der Waals surface area (Å²) in [7, 11) is 0. The summed E-state index contributed by atoms with van der Waals surface area (Å²) in [6.07, 6.45) is -0.886. The molecule has 3 aromatic rings. The van der Waals surface area contributed by atoms with Crippen LogP contribution in [0.3, 0.4) is 0 Å². The van der Waals surface area contributed by atoms with Crippen LogP contribution >= 0.6 is 11.6 Å². The molecule has 6 nitrogen and oxygen atoms in total. The van der Waals surface area contributed by atoms with Crippen molar-refractivity contribution in [2.75, 3.05) is 13.2 Å². The third-order valence-electron chi connectivity index (χ3n) is 6.57. The van der Waals surface area contributed by atoms with Gasteiger partial charge in [-0.25, -0.2) is 4.79 Å². The van der Waals surface area contributed by atoms with E-state index >= 15 is 0 Å². The third kappa shape index (κ3) is 5.83. The van der Waals surface area contributed by atoms with E-state index in [1.165, 1.54) is 0 Å². The second-order valence-corrected chi connectivity index (χ2v) is 10.1. The molecule has 4 atom stereocenters. The molecule has 2 aliphatic heterocycles. The maximum absolute atomic E-state index is 12.5. The number of fused-ring (bicyclic) bond motifs is 1. The van der Waals surface area contributed by atoms with Crippen LogP contribution < -0.4 is 4.74 Å². The molecule has 5 rings (SSSR count). The summed E-state index contributed by atoms with van der Waals surface area (Å²) in [6.45, 7) is 6.43. The molecule has 7 heteroatoms. The molecule has 2 fully saturated rings. The molecule has 0 aliphatic carbocycles. The average Bonchev–Trinajstić information content (AvgIpc) is 3.38. The SMILES string of the molecule is CCOc1ccc(Cc2cc([C@@H]3O[C@H](COC(=O)c4ccccc4)[C@H]4OC(C)(C)O[C@H]43)ccc2Cl)cc1. The Morgan fingerprint density at radius 3 is 2.43 bits per heavy atom. The quantitative estimate of drug-likeness (QED) is 0.331. The van der Waals surface area contributed by atoms with Gasteiger partial charge in [0.25, 0.3) is 0 Å². The zero-order valence-corrected chi connectivity index (χ0v) is 21.9. The van der Waals surface area contributed by atoms with Gasteiger partial charge in [0.1, 0.15) is 36.8 Å². The summed E-state index contributed by atoms with van der Waals surface area (Å²) in [5, 5.41) is 0.685. The Hall–Kier alpha value is -2.90. The van der Waals surface area contributed by atoms with Crippen molar-refractivity contribution in [2.24, 2.45) is 0 Å². The normalized spacial score (nSPS) is 24.0. The van der Waals surface area contributed by atoms with Gasteiger partial charge in [-0.05, 0) is 74.2 Å². The molecule has 2 heterocycles. The number of carbonyl (C=O) groups excluding carboxylic acids is 1. The van der Waals surface area contributed by atoms with Gasteiger partial charge in [0, 0.05) is 5.02 Å². The van der Waals surface area contributed by atoms with Gasteiger partial charge in [0.2, 0.25) is 0 Å². The Morgan fingerprint density at radius 1 is 0.973 bits per heavy atom. The Kier molecular flexibility index (Phi) is 7.54. The van der Waals surface area contributed by atoms with Crippen LogP contribution in [-0.2, 0) is 25.4 Å². The molecule has 2 saturated heterocycles. The number of hydrogen-bond acceptors (Lipinski definition) is 6. The minimum atomic E-state index is -0.767. The van der Waals surface area contributed by atoms with Crippen molar-refractivity contribution < 1.29 is 28.5 Å². The standard InChI is InChI=1S/C30H31ClO6/c1-4-33-23-13-10-19(11-14-23)16-22-17-21(12-15-24(22)31)26-28-27(36-30(2,3)37-28)25(35-26)18-34-29(32)20-8-6-5-7-9-20/h5-15,17,25-28H,4,16,18H2,1-3H3/t25-,26+,27-,28+/m1/s1. The summed E-state index contributed by atoms with van der Waals surface area (Å²) in [5.74, 6) is -0.320. The molecule has 0 bridgehead atoms. The van der Waals surface area contributed by atoms with Crippen LogP contribution in [0.5, 0.6) is 5.75 Å². The lowest BCUT2D eigenvalue weighted by Crippen LogP contribution is -2.33. The maximum Gasteiger partial charge on any atom is 0.338 e. The minimum absolute atomic E-state index is 0.0669. The summed E-state index contributed by atoms with van der Waals surface area (Å²) < 4.78 is 30.0. The number of carbonyl (C=O) groups is 1. The average molecular weight is 523 g/mol. The number of hydrogen-bond donors (Lipinski definition) is 0. The fourth-order valence-electron chi connectivity index (χ4n) is 4.90. The Bertz CT molecular complexity index is 1230. The first-order chi connectivity index (χ1) is 17.8. The molecule has 0 radical (unpaired) electrons. The van der Waals surface area contributed by atoms with E-state index in [0.29, 0.717) is 23.6 Å². The molecular formula is C30H31ClO6. The number of halogens is 1. The molecule has 0 amide bonds. The molecule has 0 saturated carbocycles. The van der Waals surface area contributed by atoms with Crippen LogP contribution in [0.1, 0.15) is 53.9 Å². The van der Waals surface area contributed by atoms with Gasteiger partial charge in [0.05, 0.1) is 12.2 Å². The van der Waals surface area contributed by atoms with Crippen molar-refractivity contribution >= 4 is 17.6 Å². The second-order valence-electron chi connectivity index (χ2n) is 9.73. The predicted octanol–water partition coefficient (Wildman–Crippen LogP) is 6.15. The first-order valence-electron chi connectivity index (χ1n) is 12.6. The molecule has 0 spiro atoms. The summed E-state index contributed by atoms with van der Waals surface area (Å²) in [4.78, 5) is 12.5. The maximum atomic E-state index is 12.5. The fraction of sp³-hybridized carbons (Fsp3) is 0.367. The van der Waals surface area contributed by atoms with Crippen LogP contribution in [0.4, 0.5) is 0 Å². The van der Waals surface area contributed by atoms with Crippen LogP contribution in [-0.4, -0.2) is 43.3 Å². The van der Waals surface area contributed by atoms with E-state index in [2.05, 4.69) is 6.07 Å². The Balaban J connectivity index is 1.33. The largest absolute Gasteiger partial charge is 0.494 e. The molecule has 194 valence electrons. The smallest absolute Gasteiger partial charge is 0.338 e. The van der Waals surface area contributed by atoms with Crippen molar-refractivity contribution in [2.45, 2.75) is 57.4 Å². The van der Waals surface area contributed by atoms with Crippen molar-refractivity contribution in [3.63, 3.8) is 0 Å². The van der Waals surface area contributed by atoms with Crippen LogP contribution in [0.2, 0.25) is 5.02 Å². The molecule has 3 aromatic carbocycles. The number of ether oxygens (including phenoxy) is 5. The van der Waals surface area contributed by atoms with Gasteiger partial charge in [-0.15, -0.1) is 0 Å². The predicted molar refractivity (Wildman–Crippen MR) is 140 cm³/mol. The van der Waals surface area contributed by atoms with E-state index in [9.17, 15) is 4.79 Å². The molecule has 0 N–H and O–H groups in total. The lowest BCUT2D eigenvalue weighted by atomic mass is 9.97. The van der Waals surface area contributed by atoms with Crippen molar-refractivity contribution in [1.29, 1.82) is 0 Å². The lowest BCUT2D eigenvalue weighted by Gasteiger charge is -2.24. The van der Waals surface area contributed by atoms with Crippen LogP contribution in [0, 0.1) is 0 Å². The van der Waals surface area contributed by atoms with Gasteiger partial charge in [-0.1, -0.05) is 54.1 Å². The zero-order chi connectivity index (χ0) is 26.0. The minimum Gasteiger partial charge on any atom is -0.494 e. The molecule has 2 aliphatic rings. The summed E-state index contributed by atoms with van der Waals surface area (Å²) >= 11 is 6.58. The van der Waals surface area contributed by atoms with Gasteiger partial charge in [-0.3, -0.25) is 0 Å². The third-order valence-corrected chi connectivity index (χ3v) is 6.93. The van der Waals surface area contributed by atoms with Gasteiger partial charge < -0.3 is 23.7 Å². The number of esters is 1. The van der Waals surface area contributed by atoms with Crippen molar-refractivity contribution in [1.82, 2.24) is 0 Å². The molecule has 0 unspecified atom stereocenters. The first-order valence-corrected chi connectivity index (χ1v) is 12.9. The van der Waals surface area contributed by atoms with E-state index < -0.39 is 17.9 Å². The van der Waals surface area contributed by atoms with Crippen molar-refractivity contribution in [3.8, 4) is 5.75 Å². The van der Waals surface area contributed by atoms with Gasteiger partial charge in [0.15, 0.2) is 5.79 Å². The molecule has 37 heavy (non-hydrogen) atoms. The van der Waals surface area contributed by atoms with Gasteiger partial charge in [-0.2, -0.15) is 0 Å². The number of rotatable bonds is 8. The summed E-state index contributed by atoms with van der Waals surface area (Å²) in [6, 6.07) is 22.8. The van der Waals surface area contributed by atoms with E-state index in [1.807, 2.05) is 63.2 Å². The highest BCUT2D eigenvalue weighted by atomic mass is 35.5. The number of benzene rings is 3. The highest BCUT2D eigenvalue weighted by Crippen LogP contribution is 2.45. The van der Waals surface area contributed by atoms with E-state index in [1.54, 1.807) is 24.3 Å². The lowest BCUT2D eigenvalue weighted by molar-refractivity contribution is -0.191. The highest BCUT2D eigenvalue weighted by Gasteiger charge is 2.55. The van der Waals surface area contributed by atoms with Crippen LogP contribution in [0.15, 0.2) is 72.8 Å². The van der Waals surface area contributed by atoms with Gasteiger partial charge >= 0.3 is 5.97 Å². The van der Waals surface area contributed by atoms with Crippen molar-refractivity contribution in [3.05, 3.63) is 100 Å². The highest BCUT2D eigenvalue weighted by molar-refractivity contribution is 6.31. The molecule has 0 aromatic heterocycles. The first kappa shape index (κ1) is 25.7. The Labute approximate surface area is 222 Å². The molecular weight excluding hydrogens is 492 g/mol. The zero-order valence-electron chi connectivity index (χ0n) is 21.2. The topological polar surface area (TPSA) is 63.2 Å². The second kappa shape index (κ2) is 10.8. The Morgan fingerprint density at radius 2 is 1.70 bits per heavy atom.